The Morgan fingerprint density at radius 3 is 2.55 bits per heavy atom. The molecule has 3 amide bonds. The van der Waals surface area contributed by atoms with Crippen molar-refractivity contribution >= 4 is 24.1 Å². The number of rotatable bonds is 1. The molecule has 3 aliphatic rings. The summed E-state index contributed by atoms with van der Waals surface area (Å²) in [4.78, 5) is 54.4. The van der Waals surface area contributed by atoms with Crippen molar-refractivity contribution in [2.24, 2.45) is 10.8 Å². The zero-order valence-electron chi connectivity index (χ0n) is 23.8. The van der Waals surface area contributed by atoms with Gasteiger partial charge in [-0.25, -0.2) is 14.4 Å². The van der Waals surface area contributed by atoms with Gasteiger partial charge < -0.3 is 29.5 Å². The summed E-state index contributed by atoms with van der Waals surface area (Å²) in [5, 5.41) is 12.5. The van der Waals surface area contributed by atoms with Crippen LogP contribution in [0.1, 0.15) is 58.6 Å². The first-order valence-corrected chi connectivity index (χ1v) is 13.6. The number of hydrogen-bond acceptors (Lipinski definition) is 7. The summed E-state index contributed by atoms with van der Waals surface area (Å²) >= 11 is 0. The van der Waals surface area contributed by atoms with Gasteiger partial charge in [0, 0.05) is 23.9 Å². The number of nitrogens with one attached hydrogen (secondary N) is 1. The maximum Gasteiger partial charge on any atom is 0.410 e. The van der Waals surface area contributed by atoms with Gasteiger partial charge in [-0.05, 0) is 23.5 Å². The Labute approximate surface area is 234 Å². The molecule has 1 fully saturated rings. The van der Waals surface area contributed by atoms with Crippen molar-refractivity contribution in [2.75, 3.05) is 19.8 Å². The van der Waals surface area contributed by atoms with Crippen LogP contribution in [0.3, 0.4) is 0 Å². The Kier molecular flexibility index (Phi) is 8.32. The van der Waals surface area contributed by atoms with Crippen LogP contribution >= 0.6 is 0 Å². The summed E-state index contributed by atoms with van der Waals surface area (Å²) < 4.78 is 17.2. The van der Waals surface area contributed by atoms with E-state index in [1.54, 1.807) is 20.8 Å². The van der Waals surface area contributed by atoms with Gasteiger partial charge in [0.1, 0.15) is 30.5 Å². The highest BCUT2D eigenvalue weighted by atomic mass is 16.6. The number of benzene rings is 1. The number of hydrogen-bond donors (Lipinski definition) is 2. The Morgan fingerprint density at radius 1 is 1.10 bits per heavy atom. The van der Waals surface area contributed by atoms with Crippen LogP contribution in [-0.2, 0) is 32.2 Å². The molecule has 2 N–H and O–H groups in total. The summed E-state index contributed by atoms with van der Waals surface area (Å²) in [5.74, 6) is -1.10. The molecule has 3 aliphatic heterocycles. The van der Waals surface area contributed by atoms with E-state index in [1.165, 1.54) is 9.80 Å². The summed E-state index contributed by atoms with van der Waals surface area (Å²) in [7, 11) is 0. The molecule has 1 aromatic rings. The third kappa shape index (κ3) is 6.68. The van der Waals surface area contributed by atoms with Crippen molar-refractivity contribution in [3.05, 3.63) is 41.5 Å². The Balaban J connectivity index is 1.61. The molecule has 3 heterocycles. The molecule has 1 aromatic carbocycles. The largest absolute Gasteiger partial charge is 0.489 e. The van der Waals surface area contributed by atoms with E-state index in [0.717, 1.165) is 11.1 Å². The van der Waals surface area contributed by atoms with Crippen LogP contribution < -0.4 is 10.1 Å². The van der Waals surface area contributed by atoms with Gasteiger partial charge in [-0.15, -0.1) is 0 Å². The lowest BCUT2D eigenvalue weighted by atomic mass is 9.85. The molecule has 0 radical (unpaired) electrons. The van der Waals surface area contributed by atoms with Gasteiger partial charge in [-0.3, -0.25) is 9.69 Å². The lowest BCUT2D eigenvalue weighted by molar-refractivity contribution is -0.150. The molecule has 11 nitrogen and oxygen atoms in total. The molecule has 4 rings (SSSR count). The number of allylic oxidation sites excluding steroid dienone is 1. The van der Waals surface area contributed by atoms with Crippen molar-refractivity contribution in [2.45, 2.75) is 78.7 Å². The molecule has 3 unspecified atom stereocenters. The van der Waals surface area contributed by atoms with Gasteiger partial charge in [0.05, 0.1) is 19.7 Å². The van der Waals surface area contributed by atoms with E-state index in [4.69, 9.17) is 14.2 Å². The second-order valence-electron chi connectivity index (χ2n) is 12.5. The molecule has 0 spiro atoms. The van der Waals surface area contributed by atoms with E-state index in [-0.39, 0.29) is 25.0 Å². The molecular weight excluding hydrogens is 518 g/mol. The van der Waals surface area contributed by atoms with Gasteiger partial charge >= 0.3 is 18.2 Å². The molecule has 1 saturated heterocycles. The standard InChI is InChI=1S/C29H39N3O8/c1-28(2,3)23-24(33)32-15-19(13-21(32)25(34)35)40-27(37)31-14-18-9-8-10-22(20(18)16-31)38-12-7-6-11-29(4,5)17-39-26(36)30-23/h6-10,19,21,23H,11-17H2,1-5H3,(H,30,36)(H,34,35). The third-order valence-electron chi connectivity index (χ3n) is 7.44. The van der Waals surface area contributed by atoms with E-state index in [9.17, 15) is 24.3 Å². The summed E-state index contributed by atoms with van der Waals surface area (Å²) in [5.41, 5.74) is 0.725. The monoisotopic (exact) mass is 557 g/mol. The van der Waals surface area contributed by atoms with E-state index in [2.05, 4.69) is 5.32 Å². The van der Waals surface area contributed by atoms with Crippen LogP contribution in [0, 0.1) is 10.8 Å². The molecule has 11 heteroatoms. The van der Waals surface area contributed by atoms with Gasteiger partial charge in [-0.2, -0.15) is 0 Å². The minimum Gasteiger partial charge on any atom is -0.489 e. The van der Waals surface area contributed by atoms with Crippen molar-refractivity contribution in [3.63, 3.8) is 0 Å². The number of ether oxygens (including phenoxy) is 3. The van der Waals surface area contributed by atoms with Crippen LogP contribution in [0.4, 0.5) is 9.59 Å². The Bertz CT molecular complexity index is 1190. The molecule has 3 atom stereocenters. The quantitative estimate of drug-likeness (QED) is 0.499. The number of alkyl carbamates (subject to hydrolysis) is 1. The minimum atomic E-state index is -1.21. The van der Waals surface area contributed by atoms with Crippen LogP contribution in [0.5, 0.6) is 5.75 Å². The Hall–Kier alpha value is -3.76. The first-order valence-electron chi connectivity index (χ1n) is 13.6. The average molecular weight is 558 g/mol. The van der Waals surface area contributed by atoms with Crippen LogP contribution in [0.2, 0.25) is 0 Å². The second kappa shape index (κ2) is 11.4. The number of cyclic esters (lactones) is 1. The molecule has 4 bridgehead atoms. The van der Waals surface area contributed by atoms with Crippen LogP contribution in [0.15, 0.2) is 30.4 Å². The number of carboxylic acids is 1. The predicted molar refractivity (Wildman–Crippen MR) is 144 cm³/mol. The number of carbonyl (C=O) groups is 4. The van der Waals surface area contributed by atoms with Crippen molar-refractivity contribution < 1.29 is 38.5 Å². The molecule has 40 heavy (non-hydrogen) atoms. The van der Waals surface area contributed by atoms with E-state index in [0.29, 0.717) is 31.9 Å². The lowest BCUT2D eigenvalue weighted by Crippen LogP contribution is -2.57. The van der Waals surface area contributed by atoms with Gasteiger partial charge in [0.2, 0.25) is 5.91 Å². The van der Waals surface area contributed by atoms with Gasteiger partial charge in [0.25, 0.3) is 0 Å². The first kappa shape index (κ1) is 29.2. The highest BCUT2D eigenvalue weighted by Gasteiger charge is 2.46. The van der Waals surface area contributed by atoms with E-state index in [1.807, 2.05) is 44.2 Å². The molecule has 0 aliphatic carbocycles. The number of carbonyl (C=O) groups excluding carboxylic acids is 3. The molecular formula is C29H39N3O8. The Morgan fingerprint density at radius 2 is 1.85 bits per heavy atom. The maximum absolute atomic E-state index is 13.7. The van der Waals surface area contributed by atoms with E-state index < -0.39 is 47.7 Å². The van der Waals surface area contributed by atoms with Gasteiger partial charge in [-0.1, -0.05) is 58.9 Å². The fourth-order valence-corrected chi connectivity index (χ4v) is 5.14. The van der Waals surface area contributed by atoms with E-state index >= 15 is 0 Å². The highest BCUT2D eigenvalue weighted by Crippen LogP contribution is 2.33. The minimum absolute atomic E-state index is 0.0518. The van der Waals surface area contributed by atoms with Crippen LogP contribution in [0.25, 0.3) is 0 Å². The fraction of sp³-hybridized carbons (Fsp3) is 0.586. The average Bonchev–Trinajstić information content (AvgIpc) is 3.49. The molecule has 0 saturated carbocycles. The molecule has 218 valence electrons. The number of fused-ring (bicyclic) bond motifs is 3. The SMILES string of the molecule is CC1(C)CC=CCOc2cccc3c2CN(C3)C(=O)OC2CC(C(=O)O)N(C2)C(=O)C(C(C)(C)C)NC(=O)OC1. The normalized spacial score (nSPS) is 25.8. The lowest BCUT2D eigenvalue weighted by Gasteiger charge is -2.34. The third-order valence-corrected chi connectivity index (χ3v) is 7.44. The maximum atomic E-state index is 13.7. The number of aliphatic carboxylic acids is 1. The second-order valence-corrected chi connectivity index (χ2v) is 12.5. The van der Waals surface area contributed by atoms with Crippen LogP contribution in [-0.4, -0.2) is 76.9 Å². The highest BCUT2D eigenvalue weighted by molar-refractivity contribution is 5.90. The zero-order valence-corrected chi connectivity index (χ0v) is 23.8. The number of amides is 3. The van der Waals surface area contributed by atoms with Crippen molar-refractivity contribution in [1.82, 2.24) is 15.1 Å². The van der Waals surface area contributed by atoms with Crippen molar-refractivity contribution in [3.8, 4) is 5.75 Å². The molecule has 0 aromatic heterocycles. The van der Waals surface area contributed by atoms with Gasteiger partial charge in [0.15, 0.2) is 0 Å². The predicted octanol–water partition coefficient (Wildman–Crippen LogP) is 3.70. The number of carboxylic acid groups (broad SMARTS) is 1. The summed E-state index contributed by atoms with van der Waals surface area (Å²) in [6.07, 6.45) is 2.27. The topological polar surface area (TPSA) is 135 Å². The summed E-state index contributed by atoms with van der Waals surface area (Å²) in [6.45, 7) is 10.2. The fourth-order valence-electron chi connectivity index (χ4n) is 5.14. The smallest absolute Gasteiger partial charge is 0.410 e. The zero-order chi connectivity index (χ0) is 29.2. The summed E-state index contributed by atoms with van der Waals surface area (Å²) in [6, 6.07) is 3.41. The number of nitrogens with zero attached hydrogens (tertiary/aromatic N) is 2. The first-order chi connectivity index (χ1) is 18.7. The van der Waals surface area contributed by atoms with Crippen molar-refractivity contribution in [1.29, 1.82) is 0 Å².